The van der Waals surface area contributed by atoms with Gasteiger partial charge in [-0.3, -0.25) is 18.5 Å². The molecule has 0 aromatic carbocycles. The first-order valence-electron chi connectivity index (χ1n) is 8.42. The van der Waals surface area contributed by atoms with Crippen LogP contribution in [0, 0.1) is 0 Å². The van der Waals surface area contributed by atoms with E-state index < -0.39 is 56.8 Å². The third-order valence-electron chi connectivity index (χ3n) is 3.77. The Bertz CT molecular complexity index is 1110. The molecule has 2 atom stereocenters. The number of methoxy groups -OCH3 is 1. The average molecular weight is 539 g/mol. The number of nitrogens with one attached hydrogen (secondary N) is 1. The van der Waals surface area contributed by atoms with Gasteiger partial charge in [-0.2, -0.15) is 21.6 Å². The third kappa shape index (κ3) is 7.80. The van der Waals surface area contributed by atoms with E-state index in [-0.39, 0.29) is 57.8 Å². The zero-order valence-corrected chi connectivity index (χ0v) is 22.0. The van der Waals surface area contributed by atoms with Crippen molar-refractivity contribution in [2.75, 3.05) is 39.7 Å². The number of thiazole rings is 1. The first-order valence-corrected chi connectivity index (χ1v) is 12.1. The number of aliphatic imine (C=N–C) groups is 1. The maximum absolute atomic E-state index is 12.5. The van der Waals surface area contributed by atoms with E-state index in [1.165, 1.54) is 12.5 Å². The van der Waals surface area contributed by atoms with Crippen LogP contribution in [-0.4, -0.2) is 94.3 Å². The number of β-lactam (4-membered cyclic amide) rings is 1. The molecule has 1 amide bonds. The van der Waals surface area contributed by atoms with E-state index in [1.54, 1.807) is 0 Å². The summed E-state index contributed by atoms with van der Waals surface area (Å²) in [5.41, 5.74) is 5.06. The number of ether oxygens (including phenoxy) is 1. The van der Waals surface area contributed by atoms with Gasteiger partial charge in [-0.05, 0) is 0 Å². The summed E-state index contributed by atoms with van der Waals surface area (Å²) in [7, 11) is -6.98. The van der Waals surface area contributed by atoms with Crippen molar-refractivity contribution in [3.05, 3.63) is 11.1 Å². The monoisotopic (exact) mass is 538 g/mol. The van der Waals surface area contributed by atoms with Crippen molar-refractivity contribution in [1.29, 1.82) is 0 Å². The van der Waals surface area contributed by atoms with E-state index in [1.807, 2.05) is 4.72 Å². The fourth-order valence-electron chi connectivity index (χ4n) is 2.43. The molecule has 0 saturated carbocycles. The number of oxime groups is 1. The Balaban J connectivity index is 0.00000544. The minimum absolute atomic E-state index is 0. The van der Waals surface area contributed by atoms with Gasteiger partial charge in [-0.15, -0.1) is 11.3 Å². The van der Waals surface area contributed by atoms with Gasteiger partial charge in [0.05, 0.1) is 13.2 Å². The van der Waals surface area contributed by atoms with Gasteiger partial charge in [0.1, 0.15) is 24.6 Å². The van der Waals surface area contributed by atoms with Crippen LogP contribution in [0.5, 0.6) is 0 Å². The van der Waals surface area contributed by atoms with Gasteiger partial charge < -0.3 is 20.4 Å². The quantitative estimate of drug-likeness (QED) is 0.0429. The molecule has 1 aliphatic rings. The Labute approximate surface area is 215 Å². The second-order valence-electron chi connectivity index (χ2n) is 5.88. The number of carbonyl (C=O) groups is 1. The molecule has 0 bridgehead atoms. The standard InChI is InChI=1S/C13H20N6O10S3.Na/c1-27-4-3-15-31(22,23)29-5-8-10(12(21)19(8)32(24,25)26)17-11(20)9(18-28-2)7-6-30-13(14)16-7;/h6,8,10,15H,3-5H2,1-2H3,(H2,14,16)(H,17,20)(H,24,25,26);/q;+1/p-1/b18-9+;/t8-,10+;/m1./s1. The van der Waals surface area contributed by atoms with Crippen LogP contribution in [0.15, 0.2) is 15.5 Å². The van der Waals surface area contributed by atoms with Crippen molar-refractivity contribution in [3.63, 3.8) is 0 Å². The zero-order valence-electron chi connectivity index (χ0n) is 17.6. The predicted octanol–water partition coefficient (Wildman–Crippen LogP) is -6.28. The molecule has 0 aliphatic carbocycles. The number of nitrogens with two attached hydrogens (primary N) is 1. The SMILES string of the molecule is COCCNS(=O)(=O)OC[C@@H]1[C@H](N=C([O-])/C(=N/OC)c2csc(N)n2)C(=O)N1S(=O)(=O)O.[Na+]. The summed E-state index contributed by atoms with van der Waals surface area (Å²) < 4.78 is 67.2. The fourth-order valence-corrected chi connectivity index (χ4v) is 4.57. The molecule has 2 heterocycles. The Morgan fingerprint density at radius 2 is 2.06 bits per heavy atom. The van der Waals surface area contributed by atoms with Crippen LogP contribution >= 0.6 is 11.3 Å². The molecule has 16 nitrogen and oxygen atoms in total. The number of anilines is 1. The number of amides is 1. The van der Waals surface area contributed by atoms with Crippen molar-refractivity contribution >= 4 is 54.6 Å². The molecule has 1 aliphatic heterocycles. The second kappa shape index (κ2) is 12.3. The van der Waals surface area contributed by atoms with Gasteiger partial charge >= 0.3 is 50.2 Å². The summed E-state index contributed by atoms with van der Waals surface area (Å²) in [5, 5.41) is 17.5. The number of rotatable bonds is 12. The van der Waals surface area contributed by atoms with Crippen molar-refractivity contribution in [2.24, 2.45) is 10.1 Å². The van der Waals surface area contributed by atoms with Gasteiger partial charge in [-0.1, -0.05) is 5.16 Å². The Hall–Kier alpha value is -1.42. The molecule has 1 saturated heterocycles. The van der Waals surface area contributed by atoms with Crippen LogP contribution in [0.2, 0.25) is 0 Å². The molecule has 0 spiro atoms. The molecule has 1 fully saturated rings. The van der Waals surface area contributed by atoms with Gasteiger partial charge in [0.2, 0.25) is 0 Å². The Kier molecular flexibility index (Phi) is 11.1. The number of aromatic nitrogens is 1. The second-order valence-corrected chi connectivity index (χ2v) is 9.49. The largest absolute Gasteiger partial charge is 1.00 e. The summed E-state index contributed by atoms with van der Waals surface area (Å²) >= 11 is 0.985. The van der Waals surface area contributed by atoms with Gasteiger partial charge in [-0.25, -0.2) is 9.29 Å². The van der Waals surface area contributed by atoms with Crippen LogP contribution in [0.4, 0.5) is 5.13 Å². The molecule has 180 valence electrons. The van der Waals surface area contributed by atoms with E-state index in [4.69, 9.17) is 5.73 Å². The molecular formula is C13H19N6NaO10S3. The van der Waals surface area contributed by atoms with Gasteiger partial charge in [0.15, 0.2) is 11.2 Å². The first kappa shape index (κ1) is 29.6. The first-order chi connectivity index (χ1) is 14.9. The molecule has 0 radical (unpaired) electrons. The van der Waals surface area contributed by atoms with Crippen molar-refractivity contribution in [3.8, 4) is 0 Å². The zero-order chi connectivity index (χ0) is 24.1. The normalized spacial score (nSPS) is 19.7. The van der Waals surface area contributed by atoms with Crippen LogP contribution in [0.25, 0.3) is 0 Å². The van der Waals surface area contributed by atoms with E-state index >= 15 is 0 Å². The van der Waals surface area contributed by atoms with E-state index in [9.17, 15) is 31.3 Å². The smallest absolute Gasteiger partial charge is 0.857 e. The molecule has 2 rings (SSSR count). The average Bonchev–Trinajstić information content (AvgIpc) is 3.11. The van der Waals surface area contributed by atoms with Crippen LogP contribution < -0.4 is 45.1 Å². The molecule has 1 aromatic rings. The fraction of sp³-hybridized carbons (Fsp3) is 0.538. The van der Waals surface area contributed by atoms with E-state index in [0.29, 0.717) is 0 Å². The summed E-state index contributed by atoms with van der Waals surface area (Å²) in [6, 6.07) is -3.33. The molecule has 4 N–H and O–H groups in total. The predicted molar refractivity (Wildman–Crippen MR) is 108 cm³/mol. The molecule has 20 heteroatoms. The maximum Gasteiger partial charge on any atom is 1.00 e. The van der Waals surface area contributed by atoms with Crippen LogP contribution in [0.3, 0.4) is 0 Å². The van der Waals surface area contributed by atoms with Crippen LogP contribution in [-0.2, 0) is 39.2 Å². The number of hydrogen-bond acceptors (Lipinski definition) is 14. The summed E-state index contributed by atoms with van der Waals surface area (Å²) in [6.07, 6.45) is 0. The number of nitrogens with zero attached hydrogens (tertiary/aromatic N) is 4. The van der Waals surface area contributed by atoms with Gasteiger partial charge in [0, 0.05) is 24.9 Å². The molecule has 33 heavy (non-hydrogen) atoms. The summed E-state index contributed by atoms with van der Waals surface area (Å²) in [5.74, 6) is -2.41. The van der Waals surface area contributed by atoms with Crippen molar-refractivity contribution in [1.82, 2.24) is 14.0 Å². The number of nitrogen functional groups attached to an aromatic ring is 1. The van der Waals surface area contributed by atoms with Crippen LogP contribution in [0.1, 0.15) is 5.69 Å². The van der Waals surface area contributed by atoms with E-state index in [0.717, 1.165) is 18.4 Å². The molecular weight excluding hydrogens is 519 g/mol. The van der Waals surface area contributed by atoms with Crippen molar-refractivity contribution < 1.29 is 74.6 Å². The Morgan fingerprint density at radius 1 is 1.39 bits per heavy atom. The Morgan fingerprint density at radius 3 is 2.58 bits per heavy atom. The van der Waals surface area contributed by atoms with Crippen molar-refractivity contribution in [2.45, 2.75) is 12.1 Å². The summed E-state index contributed by atoms with van der Waals surface area (Å²) in [6.45, 7) is -1.06. The summed E-state index contributed by atoms with van der Waals surface area (Å²) in [4.78, 5) is 24.2. The minimum Gasteiger partial charge on any atom is -0.857 e. The topological polar surface area (TPSA) is 235 Å². The minimum atomic E-state index is -5.09. The third-order valence-corrected chi connectivity index (χ3v) is 6.40. The maximum atomic E-state index is 12.5. The molecule has 1 aromatic heterocycles. The van der Waals surface area contributed by atoms with E-state index in [2.05, 4.69) is 28.9 Å². The number of hydrogen-bond donors (Lipinski definition) is 3. The molecule has 0 unspecified atom stereocenters. The van der Waals surface area contributed by atoms with Gasteiger partial charge in [0.25, 0.3) is 5.91 Å². The number of carbonyl (C=O) groups excluding carboxylic acids is 1.